The molecular weight excluding hydrogens is 256 g/mol. The molecule has 1 aromatic heterocycles. The van der Waals surface area contributed by atoms with Gasteiger partial charge in [-0.1, -0.05) is 6.92 Å². The van der Waals surface area contributed by atoms with E-state index in [1.165, 1.54) is 30.0 Å². The quantitative estimate of drug-likeness (QED) is 0.620. The first-order valence-electron chi connectivity index (χ1n) is 7.28. The first-order valence-corrected chi connectivity index (χ1v) is 8.27. The maximum absolute atomic E-state index is 5.82. The number of thioether (sulfide) groups is 1. The molecule has 2 unspecified atom stereocenters. The van der Waals surface area contributed by atoms with Crippen molar-refractivity contribution < 1.29 is 0 Å². The summed E-state index contributed by atoms with van der Waals surface area (Å²) < 4.78 is 2.37. The van der Waals surface area contributed by atoms with Crippen LogP contribution in [-0.4, -0.2) is 26.3 Å². The molecular formula is C14H26N4S. The van der Waals surface area contributed by atoms with Gasteiger partial charge in [-0.2, -0.15) is 16.9 Å². The Balaban J connectivity index is 2.15. The fraction of sp³-hybridized carbons (Fsp3) is 0.786. The Bertz CT molecular complexity index is 410. The van der Waals surface area contributed by atoms with E-state index in [0.29, 0.717) is 6.04 Å². The van der Waals surface area contributed by atoms with Crippen molar-refractivity contribution in [2.24, 2.45) is 5.84 Å². The zero-order valence-electron chi connectivity index (χ0n) is 12.3. The molecule has 0 saturated carbocycles. The van der Waals surface area contributed by atoms with E-state index < -0.39 is 0 Å². The normalized spacial score (nSPS) is 24.8. The van der Waals surface area contributed by atoms with Crippen LogP contribution in [-0.2, 0) is 19.4 Å². The average molecular weight is 282 g/mol. The highest BCUT2D eigenvalue weighted by Gasteiger charge is 2.37. The zero-order valence-corrected chi connectivity index (χ0v) is 13.1. The van der Waals surface area contributed by atoms with Gasteiger partial charge < -0.3 is 0 Å². The third-order valence-corrected chi connectivity index (χ3v) is 5.82. The Morgan fingerprint density at radius 3 is 2.89 bits per heavy atom. The van der Waals surface area contributed by atoms with Crippen LogP contribution in [0.2, 0.25) is 0 Å². The Kier molecular flexibility index (Phi) is 4.92. The second-order valence-corrected chi connectivity index (χ2v) is 7.11. The van der Waals surface area contributed by atoms with E-state index in [2.05, 4.69) is 53.8 Å². The molecule has 0 spiro atoms. The monoisotopic (exact) mass is 282 g/mol. The number of hydrazine groups is 1. The molecule has 108 valence electrons. The molecule has 19 heavy (non-hydrogen) atoms. The lowest BCUT2D eigenvalue weighted by Gasteiger charge is -2.32. The molecule has 1 aromatic rings. The highest BCUT2D eigenvalue weighted by Crippen LogP contribution is 2.41. The van der Waals surface area contributed by atoms with Gasteiger partial charge in [-0.3, -0.25) is 16.0 Å². The number of nitrogens with zero attached hydrogens (tertiary/aromatic N) is 2. The third-order valence-electron chi connectivity index (χ3n) is 4.18. The first-order chi connectivity index (χ1) is 9.12. The molecule has 2 atom stereocenters. The van der Waals surface area contributed by atoms with Crippen LogP contribution in [0.25, 0.3) is 0 Å². The van der Waals surface area contributed by atoms with Gasteiger partial charge in [0.25, 0.3) is 0 Å². The highest BCUT2D eigenvalue weighted by molar-refractivity contribution is 8.00. The van der Waals surface area contributed by atoms with Crippen LogP contribution >= 0.6 is 11.8 Å². The summed E-state index contributed by atoms with van der Waals surface area (Å²) in [5.41, 5.74) is 5.53. The summed E-state index contributed by atoms with van der Waals surface area (Å²) in [6.07, 6.45) is 4.49. The topological polar surface area (TPSA) is 55.9 Å². The van der Waals surface area contributed by atoms with Gasteiger partial charge in [0.15, 0.2) is 0 Å². The molecule has 1 fully saturated rings. The van der Waals surface area contributed by atoms with E-state index in [0.717, 1.165) is 19.4 Å². The molecule has 0 bridgehead atoms. The summed E-state index contributed by atoms with van der Waals surface area (Å²) in [5.74, 6) is 7.08. The Labute approximate surface area is 120 Å². The first kappa shape index (κ1) is 14.9. The Morgan fingerprint density at radius 2 is 2.37 bits per heavy atom. The SMILES string of the molecule is CCc1cc(CC(NN)C2(C)CCCS2)n(CC)n1. The van der Waals surface area contributed by atoms with Crippen LogP contribution in [0.5, 0.6) is 0 Å². The molecule has 0 aromatic carbocycles. The largest absolute Gasteiger partial charge is 0.271 e. The number of nitrogens with two attached hydrogens (primary N) is 1. The number of nitrogens with one attached hydrogen (secondary N) is 1. The smallest absolute Gasteiger partial charge is 0.0624 e. The van der Waals surface area contributed by atoms with Crippen LogP contribution < -0.4 is 11.3 Å². The van der Waals surface area contributed by atoms with Crippen LogP contribution in [0.3, 0.4) is 0 Å². The highest BCUT2D eigenvalue weighted by atomic mass is 32.2. The van der Waals surface area contributed by atoms with Crippen molar-refractivity contribution >= 4 is 11.8 Å². The van der Waals surface area contributed by atoms with Crippen molar-refractivity contribution in [3.05, 3.63) is 17.5 Å². The van der Waals surface area contributed by atoms with Gasteiger partial charge in [-0.25, -0.2) is 0 Å². The maximum atomic E-state index is 5.82. The van der Waals surface area contributed by atoms with Crippen molar-refractivity contribution in [2.45, 2.75) is 63.8 Å². The number of rotatable bonds is 6. The standard InChI is InChI=1S/C14H26N4S/c1-4-11-9-12(18(5-2)17-11)10-13(16-15)14(3)7-6-8-19-14/h9,13,16H,4-8,10,15H2,1-3H3. The van der Waals surface area contributed by atoms with Gasteiger partial charge in [0.1, 0.15) is 0 Å². The molecule has 4 nitrogen and oxygen atoms in total. The fourth-order valence-electron chi connectivity index (χ4n) is 2.86. The lowest BCUT2D eigenvalue weighted by molar-refractivity contribution is 0.395. The van der Waals surface area contributed by atoms with Crippen LogP contribution in [0, 0.1) is 0 Å². The van der Waals surface area contributed by atoms with E-state index in [4.69, 9.17) is 5.84 Å². The summed E-state index contributed by atoms with van der Waals surface area (Å²) in [4.78, 5) is 0. The van der Waals surface area contributed by atoms with Gasteiger partial charge >= 0.3 is 0 Å². The maximum Gasteiger partial charge on any atom is 0.0624 e. The molecule has 0 radical (unpaired) electrons. The van der Waals surface area contributed by atoms with Crippen molar-refractivity contribution in [2.75, 3.05) is 5.75 Å². The second kappa shape index (κ2) is 6.29. The lowest BCUT2D eigenvalue weighted by Crippen LogP contribution is -2.50. The van der Waals surface area contributed by atoms with E-state index in [9.17, 15) is 0 Å². The van der Waals surface area contributed by atoms with Crippen LogP contribution in [0.1, 0.15) is 45.0 Å². The van der Waals surface area contributed by atoms with Crippen molar-refractivity contribution in [1.29, 1.82) is 0 Å². The summed E-state index contributed by atoms with van der Waals surface area (Å²) >= 11 is 2.05. The van der Waals surface area contributed by atoms with E-state index >= 15 is 0 Å². The fourth-order valence-corrected chi connectivity index (χ4v) is 4.26. The van der Waals surface area contributed by atoms with Gasteiger partial charge in [-0.05, 0) is 44.9 Å². The van der Waals surface area contributed by atoms with Gasteiger partial charge in [0.05, 0.1) is 5.69 Å². The predicted molar refractivity (Wildman–Crippen MR) is 82.2 cm³/mol. The number of aryl methyl sites for hydroxylation is 2. The van der Waals surface area contributed by atoms with E-state index in [-0.39, 0.29) is 4.75 Å². The summed E-state index contributed by atoms with van der Waals surface area (Å²) in [6.45, 7) is 7.56. The van der Waals surface area contributed by atoms with Crippen molar-refractivity contribution in [3.63, 3.8) is 0 Å². The minimum absolute atomic E-state index is 0.254. The zero-order chi connectivity index (χ0) is 13.9. The van der Waals surface area contributed by atoms with Crippen LogP contribution in [0.4, 0.5) is 0 Å². The predicted octanol–water partition coefficient (Wildman–Crippen LogP) is 2.13. The summed E-state index contributed by atoms with van der Waals surface area (Å²) in [5, 5.41) is 4.63. The molecule has 0 amide bonds. The number of hydrogen-bond donors (Lipinski definition) is 2. The molecule has 5 heteroatoms. The van der Waals surface area contributed by atoms with Gasteiger partial charge in [-0.15, -0.1) is 0 Å². The second-order valence-electron chi connectivity index (χ2n) is 5.48. The molecule has 2 rings (SSSR count). The molecule has 1 saturated heterocycles. The number of hydrogen-bond acceptors (Lipinski definition) is 4. The molecule has 3 N–H and O–H groups in total. The summed E-state index contributed by atoms with van der Waals surface area (Å²) in [6, 6.07) is 2.54. The Morgan fingerprint density at radius 1 is 1.58 bits per heavy atom. The molecule has 0 aliphatic carbocycles. The molecule has 2 heterocycles. The molecule has 1 aliphatic heterocycles. The Hall–Kier alpha value is -0.520. The minimum atomic E-state index is 0.254. The van der Waals surface area contributed by atoms with Gasteiger partial charge in [0.2, 0.25) is 0 Å². The third kappa shape index (κ3) is 3.15. The molecule has 1 aliphatic rings. The lowest BCUT2D eigenvalue weighted by atomic mass is 9.93. The van der Waals surface area contributed by atoms with E-state index in [1.807, 2.05) is 0 Å². The van der Waals surface area contributed by atoms with E-state index in [1.54, 1.807) is 0 Å². The summed E-state index contributed by atoms with van der Waals surface area (Å²) in [7, 11) is 0. The van der Waals surface area contributed by atoms with Crippen LogP contribution in [0.15, 0.2) is 6.07 Å². The minimum Gasteiger partial charge on any atom is -0.271 e. The average Bonchev–Trinajstić information content (AvgIpc) is 3.02. The van der Waals surface area contributed by atoms with Gasteiger partial charge in [0, 0.05) is 29.4 Å². The number of aromatic nitrogens is 2. The van der Waals surface area contributed by atoms with Crippen molar-refractivity contribution in [3.8, 4) is 0 Å². The van der Waals surface area contributed by atoms with Crippen molar-refractivity contribution in [1.82, 2.24) is 15.2 Å².